The molecule has 1 atom stereocenters. The molecule has 6 nitrogen and oxygen atoms in total. The Morgan fingerprint density at radius 2 is 2.09 bits per heavy atom. The number of hydrogen-bond donors (Lipinski definition) is 1. The number of aromatic nitrogens is 2. The summed E-state index contributed by atoms with van der Waals surface area (Å²) in [6.07, 6.45) is 4.44. The van der Waals surface area contributed by atoms with Crippen LogP contribution >= 0.6 is 0 Å². The van der Waals surface area contributed by atoms with Crippen LogP contribution in [0.4, 0.5) is 0 Å². The minimum Gasteiger partial charge on any atom is -0.378 e. The van der Waals surface area contributed by atoms with Crippen LogP contribution in [0, 0.1) is 0 Å². The highest BCUT2D eigenvalue weighted by molar-refractivity contribution is 7.89. The Morgan fingerprint density at radius 1 is 1.26 bits per heavy atom. The van der Waals surface area contributed by atoms with Gasteiger partial charge in [0.1, 0.15) is 0 Å². The monoisotopic (exact) mass is 335 g/mol. The van der Waals surface area contributed by atoms with Crippen LogP contribution in [-0.4, -0.2) is 36.7 Å². The molecule has 1 aromatic carbocycles. The first-order valence-electron chi connectivity index (χ1n) is 7.81. The molecule has 0 amide bonds. The Labute approximate surface area is 136 Å². The van der Waals surface area contributed by atoms with Gasteiger partial charge in [-0.1, -0.05) is 18.2 Å². The molecule has 7 heteroatoms. The molecule has 1 fully saturated rings. The molecule has 1 saturated heterocycles. The number of para-hydroxylation sites is 1. The summed E-state index contributed by atoms with van der Waals surface area (Å²) in [7, 11) is -3.30. The van der Waals surface area contributed by atoms with E-state index in [0.717, 1.165) is 25.1 Å². The van der Waals surface area contributed by atoms with Crippen LogP contribution in [-0.2, 0) is 21.3 Å². The molecule has 23 heavy (non-hydrogen) atoms. The van der Waals surface area contributed by atoms with Crippen molar-refractivity contribution >= 4 is 10.0 Å². The highest BCUT2D eigenvalue weighted by Gasteiger charge is 2.19. The van der Waals surface area contributed by atoms with E-state index in [2.05, 4.69) is 9.82 Å². The van der Waals surface area contributed by atoms with Crippen molar-refractivity contribution in [3.05, 3.63) is 48.3 Å². The van der Waals surface area contributed by atoms with Gasteiger partial charge < -0.3 is 4.74 Å². The van der Waals surface area contributed by atoms with Crippen LogP contribution < -0.4 is 4.72 Å². The molecule has 0 spiro atoms. The number of rotatable bonds is 7. The van der Waals surface area contributed by atoms with E-state index in [1.54, 1.807) is 4.68 Å². The fraction of sp³-hybridized carbons (Fsp3) is 0.438. The van der Waals surface area contributed by atoms with Crippen molar-refractivity contribution in [3.8, 4) is 5.69 Å². The Balaban J connectivity index is 1.52. The zero-order valence-corrected chi connectivity index (χ0v) is 13.7. The van der Waals surface area contributed by atoms with Crippen molar-refractivity contribution in [3.63, 3.8) is 0 Å². The predicted octanol–water partition coefficient (Wildman–Crippen LogP) is 1.86. The smallest absolute Gasteiger partial charge is 0.212 e. The molecule has 1 N–H and O–H groups in total. The standard InChI is InChI=1S/C16H21N3O3S/c20-23(21,12-9-16-7-4-11-22-16)17-13-14-8-10-19(18-14)15-5-2-1-3-6-15/h1-3,5-6,8,10,16-17H,4,7,9,11-13H2/t16-/m1/s1. The third kappa shape index (κ3) is 4.63. The van der Waals surface area contributed by atoms with Crippen molar-refractivity contribution in [1.29, 1.82) is 0 Å². The number of nitrogens with zero attached hydrogens (tertiary/aromatic N) is 2. The van der Waals surface area contributed by atoms with Gasteiger partial charge in [0.05, 0.1) is 29.8 Å². The highest BCUT2D eigenvalue weighted by atomic mass is 32.2. The second-order valence-corrected chi connectivity index (χ2v) is 7.58. The van der Waals surface area contributed by atoms with Gasteiger partial charge in [0, 0.05) is 12.8 Å². The number of nitrogens with one attached hydrogen (secondary N) is 1. The average Bonchev–Trinajstić information content (AvgIpc) is 3.24. The van der Waals surface area contributed by atoms with E-state index in [0.29, 0.717) is 12.1 Å². The summed E-state index contributed by atoms with van der Waals surface area (Å²) in [4.78, 5) is 0. The maximum atomic E-state index is 12.0. The maximum Gasteiger partial charge on any atom is 0.212 e. The summed E-state index contributed by atoms with van der Waals surface area (Å²) < 4.78 is 33.9. The number of ether oxygens (including phenoxy) is 1. The normalized spacial score (nSPS) is 18.3. The quantitative estimate of drug-likeness (QED) is 0.838. The fourth-order valence-electron chi connectivity index (χ4n) is 2.60. The molecular formula is C16H21N3O3S. The van der Waals surface area contributed by atoms with E-state index < -0.39 is 10.0 Å². The highest BCUT2D eigenvalue weighted by Crippen LogP contribution is 2.15. The Kier molecular flexibility index (Phi) is 5.09. The van der Waals surface area contributed by atoms with E-state index in [1.807, 2.05) is 42.6 Å². The lowest BCUT2D eigenvalue weighted by molar-refractivity contribution is 0.109. The largest absolute Gasteiger partial charge is 0.378 e. The van der Waals surface area contributed by atoms with E-state index in [4.69, 9.17) is 4.74 Å². The topological polar surface area (TPSA) is 73.2 Å². The fourth-order valence-corrected chi connectivity index (χ4v) is 3.68. The van der Waals surface area contributed by atoms with Gasteiger partial charge >= 0.3 is 0 Å². The molecular weight excluding hydrogens is 314 g/mol. The first kappa shape index (κ1) is 16.2. The summed E-state index contributed by atoms with van der Waals surface area (Å²) in [5.74, 6) is 0.0943. The van der Waals surface area contributed by atoms with Gasteiger partial charge in [-0.15, -0.1) is 0 Å². The molecule has 1 aromatic heterocycles. The Morgan fingerprint density at radius 3 is 2.83 bits per heavy atom. The summed E-state index contributed by atoms with van der Waals surface area (Å²) >= 11 is 0. The summed E-state index contributed by atoms with van der Waals surface area (Å²) in [6.45, 7) is 0.947. The molecule has 2 aromatic rings. The van der Waals surface area contributed by atoms with E-state index in [9.17, 15) is 8.42 Å². The second kappa shape index (κ2) is 7.25. The molecule has 0 bridgehead atoms. The summed E-state index contributed by atoms with van der Waals surface area (Å²) in [5.41, 5.74) is 1.63. The maximum absolute atomic E-state index is 12.0. The Bertz CT molecular complexity index is 722. The predicted molar refractivity (Wildman–Crippen MR) is 87.8 cm³/mol. The van der Waals surface area contributed by atoms with E-state index in [1.165, 1.54) is 0 Å². The Hall–Kier alpha value is -1.70. The molecule has 0 radical (unpaired) electrons. The molecule has 0 unspecified atom stereocenters. The zero-order valence-electron chi connectivity index (χ0n) is 12.9. The first-order valence-corrected chi connectivity index (χ1v) is 9.46. The van der Waals surface area contributed by atoms with Gasteiger partial charge in [-0.05, 0) is 37.5 Å². The van der Waals surface area contributed by atoms with Crippen molar-refractivity contribution < 1.29 is 13.2 Å². The molecule has 2 heterocycles. The zero-order chi connectivity index (χ0) is 16.1. The molecule has 1 aliphatic rings. The van der Waals surface area contributed by atoms with Crippen molar-refractivity contribution in [2.45, 2.75) is 31.9 Å². The van der Waals surface area contributed by atoms with Crippen LogP contribution in [0.15, 0.2) is 42.6 Å². The van der Waals surface area contributed by atoms with Crippen LogP contribution in [0.5, 0.6) is 0 Å². The van der Waals surface area contributed by atoms with Crippen molar-refractivity contribution in [1.82, 2.24) is 14.5 Å². The molecule has 0 aliphatic carbocycles. The van der Waals surface area contributed by atoms with E-state index in [-0.39, 0.29) is 18.4 Å². The lowest BCUT2D eigenvalue weighted by atomic mass is 10.2. The van der Waals surface area contributed by atoms with Gasteiger partial charge in [-0.3, -0.25) is 0 Å². The van der Waals surface area contributed by atoms with Gasteiger partial charge in [-0.2, -0.15) is 5.10 Å². The second-order valence-electron chi connectivity index (χ2n) is 5.65. The molecule has 124 valence electrons. The van der Waals surface area contributed by atoms with E-state index >= 15 is 0 Å². The molecule has 0 saturated carbocycles. The lowest BCUT2D eigenvalue weighted by Crippen LogP contribution is -2.28. The van der Waals surface area contributed by atoms with Crippen LogP contribution in [0.1, 0.15) is 25.0 Å². The number of sulfonamides is 1. The summed E-state index contributed by atoms with van der Waals surface area (Å²) in [6, 6.07) is 11.5. The third-order valence-corrected chi connectivity index (χ3v) is 5.23. The molecule has 1 aliphatic heterocycles. The number of benzene rings is 1. The van der Waals surface area contributed by atoms with Crippen LogP contribution in [0.2, 0.25) is 0 Å². The van der Waals surface area contributed by atoms with Crippen molar-refractivity contribution in [2.24, 2.45) is 0 Å². The SMILES string of the molecule is O=S(=O)(CC[C@H]1CCCO1)NCc1ccn(-c2ccccc2)n1. The summed E-state index contributed by atoms with van der Waals surface area (Å²) in [5, 5.41) is 4.39. The van der Waals surface area contributed by atoms with Crippen LogP contribution in [0.3, 0.4) is 0 Å². The van der Waals surface area contributed by atoms with Gasteiger partial charge in [-0.25, -0.2) is 17.8 Å². The molecule has 3 rings (SSSR count). The van der Waals surface area contributed by atoms with Gasteiger partial charge in [0.2, 0.25) is 10.0 Å². The third-order valence-electron chi connectivity index (χ3n) is 3.87. The minimum atomic E-state index is -3.30. The van der Waals surface area contributed by atoms with Gasteiger partial charge in [0.25, 0.3) is 0 Å². The average molecular weight is 335 g/mol. The van der Waals surface area contributed by atoms with Gasteiger partial charge in [0.15, 0.2) is 0 Å². The minimum absolute atomic E-state index is 0.0869. The van der Waals surface area contributed by atoms with Crippen molar-refractivity contribution in [2.75, 3.05) is 12.4 Å². The number of hydrogen-bond acceptors (Lipinski definition) is 4. The first-order chi connectivity index (χ1) is 11.1. The lowest BCUT2D eigenvalue weighted by Gasteiger charge is -2.10. The van der Waals surface area contributed by atoms with Crippen LogP contribution in [0.25, 0.3) is 5.69 Å².